The Morgan fingerprint density at radius 3 is 2.64 bits per heavy atom. The van der Waals surface area contributed by atoms with E-state index in [0.29, 0.717) is 5.41 Å². The largest absolute Gasteiger partial charge is 0.0882 e. The summed E-state index contributed by atoms with van der Waals surface area (Å²) in [5.41, 5.74) is 0.530. The smallest absolute Gasteiger partial charge is 0.0286 e. The molecule has 0 radical (unpaired) electrons. The van der Waals surface area contributed by atoms with Crippen LogP contribution >= 0.6 is 0 Å². The first-order valence-corrected chi connectivity index (χ1v) is 6.23. The molecule has 14 heavy (non-hydrogen) atoms. The van der Waals surface area contributed by atoms with E-state index in [9.17, 15) is 0 Å². The predicted octanol–water partition coefficient (Wildman–Crippen LogP) is 4.81. The van der Waals surface area contributed by atoms with Crippen molar-refractivity contribution in [2.24, 2.45) is 17.3 Å². The summed E-state index contributed by atoms with van der Waals surface area (Å²) < 4.78 is 0. The van der Waals surface area contributed by atoms with Gasteiger partial charge in [-0.2, -0.15) is 0 Å². The second kappa shape index (κ2) is 5.00. The van der Waals surface area contributed by atoms with Gasteiger partial charge < -0.3 is 0 Å². The Morgan fingerprint density at radius 1 is 1.36 bits per heavy atom. The molecule has 0 aromatic carbocycles. The second-order valence-electron chi connectivity index (χ2n) is 5.63. The molecule has 82 valence electrons. The van der Waals surface area contributed by atoms with E-state index in [1.807, 2.05) is 0 Å². The SMILES string of the molecule is CCCCC(C)C1CC=CCC1(C)C. The zero-order chi connectivity index (χ0) is 10.6. The van der Waals surface area contributed by atoms with Crippen molar-refractivity contribution in [2.75, 3.05) is 0 Å². The molecule has 0 heteroatoms. The molecule has 0 nitrogen and oxygen atoms in total. The van der Waals surface area contributed by atoms with Gasteiger partial charge in [-0.1, -0.05) is 59.1 Å². The predicted molar refractivity (Wildman–Crippen MR) is 64.3 cm³/mol. The highest BCUT2D eigenvalue weighted by molar-refractivity contribution is 4.99. The molecule has 0 spiro atoms. The minimum Gasteiger partial charge on any atom is -0.0882 e. The third kappa shape index (κ3) is 2.87. The molecule has 0 heterocycles. The zero-order valence-electron chi connectivity index (χ0n) is 10.3. The quantitative estimate of drug-likeness (QED) is 0.564. The van der Waals surface area contributed by atoms with E-state index in [1.54, 1.807) is 0 Å². The molecule has 0 aromatic rings. The van der Waals surface area contributed by atoms with Crippen molar-refractivity contribution in [1.82, 2.24) is 0 Å². The van der Waals surface area contributed by atoms with Crippen LogP contribution in [0, 0.1) is 17.3 Å². The van der Waals surface area contributed by atoms with E-state index in [0.717, 1.165) is 11.8 Å². The zero-order valence-corrected chi connectivity index (χ0v) is 10.3. The Labute approximate surface area is 89.8 Å². The van der Waals surface area contributed by atoms with Gasteiger partial charge in [-0.05, 0) is 30.1 Å². The molecule has 0 fully saturated rings. The molecule has 0 amide bonds. The van der Waals surface area contributed by atoms with Gasteiger partial charge in [0.25, 0.3) is 0 Å². The summed E-state index contributed by atoms with van der Waals surface area (Å²) >= 11 is 0. The van der Waals surface area contributed by atoms with Crippen LogP contribution < -0.4 is 0 Å². The van der Waals surface area contributed by atoms with Crippen molar-refractivity contribution in [3.05, 3.63) is 12.2 Å². The van der Waals surface area contributed by atoms with E-state index in [-0.39, 0.29) is 0 Å². The maximum absolute atomic E-state index is 2.45. The van der Waals surface area contributed by atoms with Crippen LogP contribution in [0.4, 0.5) is 0 Å². The first kappa shape index (κ1) is 11.8. The van der Waals surface area contributed by atoms with Crippen LogP contribution in [-0.4, -0.2) is 0 Å². The lowest BCUT2D eigenvalue weighted by molar-refractivity contribution is 0.135. The molecule has 0 aromatic heterocycles. The van der Waals surface area contributed by atoms with Crippen molar-refractivity contribution in [2.45, 2.75) is 59.8 Å². The summed E-state index contributed by atoms with van der Waals surface area (Å²) in [5, 5.41) is 0. The molecule has 1 aliphatic rings. The van der Waals surface area contributed by atoms with Gasteiger partial charge in [-0.25, -0.2) is 0 Å². The topological polar surface area (TPSA) is 0 Å². The van der Waals surface area contributed by atoms with E-state index in [1.165, 1.54) is 32.1 Å². The van der Waals surface area contributed by atoms with Gasteiger partial charge in [-0.3, -0.25) is 0 Å². The highest BCUT2D eigenvalue weighted by atomic mass is 14.4. The van der Waals surface area contributed by atoms with Crippen LogP contribution in [0.5, 0.6) is 0 Å². The normalized spacial score (nSPS) is 27.6. The van der Waals surface area contributed by atoms with Crippen molar-refractivity contribution in [3.63, 3.8) is 0 Å². The molecule has 0 saturated carbocycles. The number of unbranched alkanes of at least 4 members (excludes halogenated alkanes) is 1. The van der Waals surface area contributed by atoms with Gasteiger partial charge in [0.15, 0.2) is 0 Å². The lowest BCUT2D eigenvalue weighted by Crippen LogP contribution is -2.30. The van der Waals surface area contributed by atoms with Crippen LogP contribution in [-0.2, 0) is 0 Å². The average Bonchev–Trinajstić information content (AvgIpc) is 2.13. The second-order valence-corrected chi connectivity index (χ2v) is 5.63. The first-order valence-electron chi connectivity index (χ1n) is 6.23. The lowest BCUT2D eigenvalue weighted by atomic mass is 9.65. The highest BCUT2D eigenvalue weighted by Crippen LogP contribution is 2.42. The van der Waals surface area contributed by atoms with Crippen molar-refractivity contribution < 1.29 is 0 Å². The van der Waals surface area contributed by atoms with Gasteiger partial charge >= 0.3 is 0 Å². The van der Waals surface area contributed by atoms with Gasteiger partial charge in [-0.15, -0.1) is 0 Å². The third-order valence-electron chi connectivity index (χ3n) is 3.90. The lowest BCUT2D eigenvalue weighted by Gasteiger charge is -2.40. The van der Waals surface area contributed by atoms with Gasteiger partial charge in [0.2, 0.25) is 0 Å². The number of hydrogen-bond donors (Lipinski definition) is 0. The van der Waals surface area contributed by atoms with Crippen molar-refractivity contribution in [1.29, 1.82) is 0 Å². The van der Waals surface area contributed by atoms with Crippen LogP contribution in [0.15, 0.2) is 12.2 Å². The summed E-state index contributed by atoms with van der Waals surface area (Å²) in [6.07, 6.45) is 11.5. The number of allylic oxidation sites excluding steroid dienone is 2. The van der Waals surface area contributed by atoms with Crippen LogP contribution in [0.3, 0.4) is 0 Å². The summed E-state index contributed by atoms with van der Waals surface area (Å²) in [7, 11) is 0. The van der Waals surface area contributed by atoms with E-state index in [4.69, 9.17) is 0 Å². The number of rotatable bonds is 4. The Morgan fingerprint density at radius 2 is 2.07 bits per heavy atom. The maximum atomic E-state index is 2.45. The minimum atomic E-state index is 0.530. The van der Waals surface area contributed by atoms with Crippen LogP contribution in [0.2, 0.25) is 0 Å². The van der Waals surface area contributed by atoms with E-state index < -0.39 is 0 Å². The molecule has 1 aliphatic carbocycles. The summed E-state index contributed by atoms with van der Waals surface area (Å²) in [5.74, 6) is 1.80. The van der Waals surface area contributed by atoms with Gasteiger partial charge in [0, 0.05) is 0 Å². The fourth-order valence-corrected chi connectivity index (χ4v) is 2.83. The summed E-state index contributed by atoms with van der Waals surface area (Å²) in [4.78, 5) is 0. The van der Waals surface area contributed by atoms with Crippen molar-refractivity contribution >= 4 is 0 Å². The molecule has 0 N–H and O–H groups in total. The highest BCUT2D eigenvalue weighted by Gasteiger charge is 2.33. The van der Waals surface area contributed by atoms with E-state index in [2.05, 4.69) is 39.8 Å². The monoisotopic (exact) mass is 194 g/mol. The fourth-order valence-electron chi connectivity index (χ4n) is 2.83. The molecule has 0 aliphatic heterocycles. The van der Waals surface area contributed by atoms with Crippen molar-refractivity contribution in [3.8, 4) is 0 Å². The molecule has 2 atom stereocenters. The van der Waals surface area contributed by atoms with Crippen LogP contribution in [0.1, 0.15) is 59.8 Å². The molecule has 2 unspecified atom stereocenters. The maximum Gasteiger partial charge on any atom is -0.0286 e. The average molecular weight is 194 g/mol. The summed E-state index contributed by atoms with van der Waals surface area (Å²) in [6, 6.07) is 0. The summed E-state index contributed by atoms with van der Waals surface area (Å²) in [6.45, 7) is 9.60. The molecule has 0 bridgehead atoms. The first-order chi connectivity index (χ1) is 6.58. The molecular weight excluding hydrogens is 168 g/mol. The molecule has 1 rings (SSSR count). The van der Waals surface area contributed by atoms with Crippen LogP contribution in [0.25, 0.3) is 0 Å². The fraction of sp³-hybridized carbons (Fsp3) is 0.857. The number of hydrogen-bond acceptors (Lipinski definition) is 0. The Hall–Kier alpha value is -0.260. The Bertz CT molecular complexity index is 188. The molecule has 0 saturated heterocycles. The molecular formula is C14H26. The standard InChI is InChI=1S/C14H26/c1-5-6-9-12(2)13-10-7-8-11-14(13,3)4/h7-8,12-13H,5-6,9-11H2,1-4H3. The van der Waals surface area contributed by atoms with E-state index >= 15 is 0 Å². The minimum absolute atomic E-state index is 0.530. The van der Waals surface area contributed by atoms with Gasteiger partial charge in [0.05, 0.1) is 0 Å². The van der Waals surface area contributed by atoms with Gasteiger partial charge in [0.1, 0.15) is 0 Å². The Balaban J connectivity index is 2.52. The third-order valence-corrected chi connectivity index (χ3v) is 3.90. The Kier molecular flexibility index (Phi) is 4.22.